The molecule has 0 aliphatic carbocycles. The van der Waals surface area contributed by atoms with Gasteiger partial charge in [-0.15, -0.1) is 11.3 Å². The smallest absolute Gasteiger partial charge is 0.245 e. The van der Waals surface area contributed by atoms with Crippen molar-refractivity contribution in [3.63, 3.8) is 0 Å². The number of halogens is 2. The average molecular weight is 630 g/mol. The summed E-state index contributed by atoms with van der Waals surface area (Å²) in [5.74, 6) is 0.887. The number of benzene rings is 2. The number of thiophene rings is 1. The van der Waals surface area contributed by atoms with Crippen LogP contribution < -0.4 is 9.47 Å². The molecule has 0 radical (unpaired) electrons. The molecule has 0 aliphatic rings. The number of hydrogen-bond donors (Lipinski definition) is 0. The summed E-state index contributed by atoms with van der Waals surface area (Å²) in [5.41, 5.74) is 2.03. The molecule has 2 aromatic carbocycles. The normalized spacial score (nSPS) is 11.6. The summed E-state index contributed by atoms with van der Waals surface area (Å²) in [5, 5.41) is 2.24. The molecular formula is C28H34Cl2N2O6S2. The van der Waals surface area contributed by atoms with E-state index in [-0.39, 0.29) is 33.9 Å². The van der Waals surface area contributed by atoms with E-state index in [9.17, 15) is 13.2 Å². The maximum atomic E-state index is 13.8. The Labute approximate surface area is 250 Å². The second-order valence-corrected chi connectivity index (χ2v) is 12.8. The number of aryl methyl sites for hydroxylation is 1. The van der Waals surface area contributed by atoms with E-state index < -0.39 is 10.0 Å². The number of methoxy groups -OCH3 is 3. The lowest BCUT2D eigenvalue weighted by molar-refractivity contribution is -0.132. The van der Waals surface area contributed by atoms with E-state index in [0.29, 0.717) is 44.0 Å². The van der Waals surface area contributed by atoms with Crippen LogP contribution in [0.2, 0.25) is 10.0 Å². The monoisotopic (exact) mass is 628 g/mol. The largest absolute Gasteiger partial charge is 0.493 e. The van der Waals surface area contributed by atoms with Gasteiger partial charge in [0.15, 0.2) is 11.5 Å². The fourth-order valence-corrected chi connectivity index (χ4v) is 7.15. The standard InChI is InChI=1S/C28H34Cl2N2O6S2/c1-20-11-15-39-26(20)18-31(13-10-21-6-9-24(37-3)25(16-21)38-4)28(33)19-32(12-5-14-36-2)40(34,35)27-17-22(29)7-8-23(27)30/h6-9,11,15-17H,5,10,12-14,18-19H2,1-4H3. The predicted octanol–water partition coefficient (Wildman–Crippen LogP) is 5.68. The van der Waals surface area contributed by atoms with E-state index in [1.807, 2.05) is 36.6 Å². The van der Waals surface area contributed by atoms with Crippen LogP contribution in [0.1, 0.15) is 22.4 Å². The molecule has 0 saturated heterocycles. The number of carbonyl (C=O) groups is 1. The highest BCUT2D eigenvalue weighted by atomic mass is 35.5. The van der Waals surface area contributed by atoms with Crippen LogP contribution in [-0.4, -0.2) is 71.1 Å². The van der Waals surface area contributed by atoms with Gasteiger partial charge >= 0.3 is 0 Å². The van der Waals surface area contributed by atoms with Crippen molar-refractivity contribution in [3.8, 4) is 11.5 Å². The Balaban J connectivity index is 1.89. The molecule has 8 nitrogen and oxygen atoms in total. The Morgan fingerprint density at radius 2 is 1.73 bits per heavy atom. The Kier molecular flexibility index (Phi) is 12.1. The van der Waals surface area contributed by atoms with Crippen molar-refractivity contribution < 1.29 is 27.4 Å². The molecule has 1 heterocycles. The van der Waals surface area contributed by atoms with Gasteiger partial charge in [0.1, 0.15) is 4.90 Å². The molecule has 1 amide bonds. The van der Waals surface area contributed by atoms with Crippen molar-refractivity contribution >= 4 is 50.5 Å². The summed E-state index contributed by atoms with van der Waals surface area (Å²) in [4.78, 5) is 16.4. The third-order valence-electron chi connectivity index (χ3n) is 6.35. The maximum Gasteiger partial charge on any atom is 0.245 e. The molecule has 3 rings (SSSR count). The van der Waals surface area contributed by atoms with E-state index in [1.165, 1.54) is 25.3 Å². The third kappa shape index (κ3) is 8.34. The van der Waals surface area contributed by atoms with E-state index in [1.54, 1.807) is 30.5 Å². The summed E-state index contributed by atoms with van der Waals surface area (Å²) in [6.07, 6.45) is 0.934. The molecule has 12 heteroatoms. The van der Waals surface area contributed by atoms with E-state index in [0.717, 1.165) is 20.3 Å². The highest BCUT2D eigenvalue weighted by Gasteiger charge is 2.30. The fourth-order valence-electron chi connectivity index (χ4n) is 4.07. The first kappa shape index (κ1) is 32.2. The highest BCUT2D eigenvalue weighted by Crippen LogP contribution is 2.29. The van der Waals surface area contributed by atoms with Gasteiger partial charge in [-0.25, -0.2) is 8.42 Å². The molecule has 0 atom stereocenters. The van der Waals surface area contributed by atoms with Gasteiger partial charge in [-0.05, 0) is 72.7 Å². The zero-order valence-corrected chi connectivity index (χ0v) is 26.1. The summed E-state index contributed by atoms with van der Waals surface area (Å²) in [6, 6.07) is 11.9. The lowest BCUT2D eigenvalue weighted by Crippen LogP contribution is -2.44. The van der Waals surface area contributed by atoms with Gasteiger partial charge < -0.3 is 19.1 Å². The number of carbonyl (C=O) groups excluding carboxylic acids is 1. The Hall–Kier alpha value is -2.34. The molecule has 0 N–H and O–H groups in total. The molecule has 40 heavy (non-hydrogen) atoms. The van der Waals surface area contributed by atoms with Crippen molar-refractivity contribution in [1.29, 1.82) is 0 Å². The van der Waals surface area contributed by atoms with Crippen LogP contribution in [-0.2, 0) is 32.5 Å². The molecule has 0 saturated carbocycles. The van der Waals surface area contributed by atoms with Crippen LogP contribution in [0.5, 0.6) is 11.5 Å². The molecule has 0 fully saturated rings. The van der Waals surface area contributed by atoms with E-state index in [4.69, 9.17) is 37.4 Å². The van der Waals surface area contributed by atoms with Crippen LogP contribution in [0.15, 0.2) is 52.7 Å². The predicted molar refractivity (Wildman–Crippen MR) is 159 cm³/mol. The number of amides is 1. The zero-order valence-electron chi connectivity index (χ0n) is 23.0. The van der Waals surface area contributed by atoms with Crippen molar-refractivity contribution in [1.82, 2.24) is 9.21 Å². The van der Waals surface area contributed by atoms with Gasteiger partial charge in [-0.3, -0.25) is 4.79 Å². The third-order valence-corrected chi connectivity index (χ3v) is 9.92. The second-order valence-electron chi connectivity index (χ2n) is 9.04. The fraction of sp³-hybridized carbons (Fsp3) is 0.393. The van der Waals surface area contributed by atoms with Gasteiger partial charge in [0.25, 0.3) is 0 Å². The molecule has 1 aromatic heterocycles. The topological polar surface area (TPSA) is 85.4 Å². The van der Waals surface area contributed by atoms with Crippen molar-refractivity contribution in [2.24, 2.45) is 0 Å². The maximum absolute atomic E-state index is 13.8. The van der Waals surface area contributed by atoms with Crippen LogP contribution in [0, 0.1) is 6.92 Å². The molecule has 218 valence electrons. The van der Waals surface area contributed by atoms with Crippen LogP contribution in [0.25, 0.3) is 0 Å². The number of rotatable bonds is 15. The van der Waals surface area contributed by atoms with Gasteiger partial charge in [-0.2, -0.15) is 4.31 Å². The second kappa shape index (κ2) is 15.0. The zero-order chi connectivity index (χ0) is 29.3. The van der Waals surface area contributed by atoms with Crippen LogP contribution in [0.4, 0.5) is 0 Å². The molecule has 0 spiro atoms. The first-order valence-electron chi connectivity index (χ1n) is 12.6. The minimum Gasteiger partial charge on any atom is -0.493 e. The lowest BCUT2D eigenvalue weighted by atomic mass is 10.1. The quantitative estimate of drug-likeness (QED) is 0.201. The van der Waals surface area contributed by atoms with Crippen molar-refractivity contribution in [2.45, 2.75) is 31.2 Å². The van der Waals surface area contributed by atoms with Crippen molar-refractivity contribution in [3.05, 3.63) is 73.9 Å². The van der Waals surface area contributed by atoms with Crippen molar-refractivity contribution in [2.75, 3.05) is 47.6 Å². The summed E-state index contributed by atoms with van der Waals surface area (Å²) in [6.45, 7) is 2.78. The summed E-state index contributed by atoms with van der Waals surface area (Å²) >= 11 is 13.9. The first-order chi connectivity index (χ1) is 19.1. The number of hydrogen-bond acceptors (Lipinski definition) is 7. The highest BCUT2D eigenvalue weighted by molar-refractivity contribution is 7.89. The van der Waals surface area contributed by atoms with Gasteiger partial charge in [0.2, 0.25) is 15.9 Å². The molecule has 0 aliphatic heterocycles. The minimum absolute atomic E-state index is 0.0353. The Morgan fingerprint density at radius 1 is 0.975 bits per heavy atom. The minimum atomic E-state index is -4.13. The summed E-state index contributed by atoms with van der Waals surface area (Å²) < 4.78 is 44.4. The summed E-state index contributed by atoms with van der Waals surface area (Å²) in [7, 11) is 0.553. The van der Waals surface area contributed by atoms with E-state index in [2.05, 4.69) is 0 Å². The van der Waals surface area contributed by atoms with Gasteiger partial charge in [0.05, 0.1) is 32.3 Å². The number of nitrogens with zero attached hydrogens (tertiary/aromatic N) is 2. The Bertz CT molecular complexity index is 1400. The number of ether oxygens (including phenoxy) is 3. The molecule has 3 aromatic rings. The van der Waals surface area contributed by atoms with Gasteiger partial charge in [0, 0.05) is 36.7 Å². The van der Waals surface area contributed by atoms with Gasteiger partial charge in [-0.1, -0.05) is 29.3 Å². The van der Waals surface area contributed by atoms with E-state index >= 15 is 0 Å². The average Bonchev–Trinajstić information content (AvgIpc) is 3.35. The molecule has 0 unspecified atom stereocenters. The molecule has 0 bridgehead atoms. The Morgan fingerprint density at radius 3 is 2.38 bits per heavy atom. The first-order valence-corrected chi connectivity index (χ1v) is 15.6. The molecular weight excluding hydrogens is 595 g/mol. The van der Waals surface area contributed by atoms with Crippen LogP contribution >= 0.6 is 34.5 Å². The van der Waals surface area contributed by atoms with Crippen LogP contribution in [0.3, 0.4) is 0 Å². The number of sulfonamides is 1. The SMILES string of the molecule is COCCCN(CC(=O)N(CCc1ccc(OC)c(OC)c1)Cc1sccc1C)S(=O)(=O)c1cc(Cl)ccc1Cl. The lowest BCUT2D eigenvalue weighted by Gasteiger charge is -2.28.